The molecule has 1 aliphatic heterocycles. The Labute approximate surface area is 105 Å². The largest absolute Gasteiger partial charge is 0.508 e. The van der Waals surface area contributed by atoms with E-state index in [4.69, 9.17) is 4.52 Å². The Morgan fingerprint density at radius 1 is 1.33 bits per heavy atom. The molecule has 1 saturated heterocycles. The number of phenols is 1. The lowest BCUT2D eigenvalue weighted by atomic mass is 9.89. The van der Waals surface area contributed by atoms with Gasteiger partial charge in [-0.1, -0.05) is 12.1 Å². The molecule has 2 heterocycles. The molecule has 1 unspecified atom stereocenters. The molecule has 1 aromatic carbocycles. The van der Waals surface area contributed by atoms with Crippen LogP contribution in [0.4, 0.5) is 0 Å². The minimum Gasteiger partial charge on any atom is -0.508 e. The molecule has 1 fully saturated rings. The van der Waals surface area contributed by atoms with Crippen molar-refractivity contribution in [1.29, 1.82) is 0 Å². The van der Waals surface area contributed by atoms with E-state index in [2.05, 4.69) is 22.4 Å². The zero-order valence-electron chi connectivity index (χ0n) is 10.1. The third-order valence-electron chi connectivity index (χ3n) is 3.48. The maximum absolute atomic E-state index is 9.24. The molecular weight excluding hydrogens is 230 g/mol. The molecule has 94 valence electrons. The van der Waals surface area contributed by atoms with Crippen molar-refractivity contribution in [1.82, 2.24) is 15.5 Å². The molecule has 2 N–H and O–H groups in total. The molecular formula is C13H15N3O2. The van der Waals surface area contributed by atoms with Crippen molar-refractivity contribution in [3.63, 3.8) is 0 Å². The Morgan fingerprint density at radius 2 is 2.06 bits per heavy atom. The van der Waals surface area contributed by atoms with Crippen LogP contribution in [-0.4, -0.2) is 28.3 Å². The van der Waals surface area contributed by atoms with E-state index in [0.717, 1.165) is 18.7 Å². The number of benzene rings is 1. The standard InChI is InChI=1S/C13H15N3O2/c1-8(10-6-14-7-10)13-15-12(16-18-13)9-2-4-11(17)5-3-9/h2-5,8,10,14,17H,6-7H2,1H3. The van der Waals surface area contributed by atoms with Gasteiger partial charge in [0.25, 0.3) is 0 Å². The molecule has 18 heavy (non-hydrogen) atoms. The lowest BCUT2D eigenvalue weighted by molar-refractivity contribution is 0.252. The van der Waals surface area contributed by atoms with E-state index in [9.17, 15) is 5.11 Å². The van der Waals surface area contributed by atoms with Crippen LogP contribution in [0.2, 0.25) is 0 Å². The molecule has 5 heteroatoms. The molecule has 1 aliphatic rings. The van der Waals surface area contributed by atoms with Gasteiger partial charge in [0.2, 0.25) is 11.7 Å². The van der Waals surface area contributed by atoms with Crippen LogP contribution in [0.15, 0.2) is 28.8 Å². The van der Waals surface area contributed by atoms with Gasteiger partial charge in [-0.25, -0.2) is 0 Å². The van der Waals surface area contributed by atoms with Gasteiger partial charge in [-0.2, -0.15) is 4.98 Å². The summed E-state index contributed by atoms with van der Waals surface area (Å²) in [6.07, 6.45) is 0. The molecule has 2 aromatic rings. The van der Waals surface area contributed by atoms with Crippen molar-refractivity contribution < 1.29 is 9.63 Å². The van der Waals surface area contributed by atoms with Crippen molar-refractivity contribution in [3.8, 4) is 17.1 Å². The van der Waals surface area contributed by atoms with Crippen LogP contribution in [0, 0.1) is 5.92 Å². The summed E-state index contributed by atoms with van der Waals surface area (Å²) in [6.45, 7) is 4.13. The van der Waals surface area contributed by atoms with Crippen LogP contribution in [0.1, 0.15) is 18.7 Å². The molecule has 5 nitrogen and oxygen atoms in total. The van der Waals surface area contributed by atoms with Crippen molar-refractivity contribution in [3.05, 3.63) is 30.2 Å². The lowest BCUT2D eigenvalue weighted by Crippen LogP contribution is -2.44. The Hall–Kier alpha value is -1.88. The average molecular weight is 245 g/mol. The lowest BCUT2D eigenvalue weighted by Gasteiger charge is -2.30. The molecule has 3 rings (SSSR count). The molecule has 0 radical (unpaired) electrons. The van der Waals surface area contributed by atoms with Crippen LogP contribution < -0.4 is 5.32 Å². The summed E-state index contributed by atoms with van der Waals surface area (Å²) in [7, 11) is 0. The summed E-state index contributed by atoms with van der Waals surface area (Å²) in [6, 6.07) is 6.79. The number of hydrogen-bond donors (Lipinski definition) is 2. The zero-order valence-corrected chi connectivity index (χ0v) is 10.1. The van der Waals surface area contributed by atoms with Crippen LogP contribution in [-0.2, 0) is 0 Å². The summed E-state index contributed by atoms with van der Waals surface area (Å²) in [5.74, 6) is 2.35. The Balaban J connectivity index is 1.82. The van der Waals surface area contributed by atoms with E-state index >= 15 is 0 Å². The molecule has 0 saturated carbocycles. The quantitative estimate of drug-likeness (QED) is 0.862. The highest BCUT2D eigenvalue weighted by Gasteiger charge is 2.28. The fourth-order valence-electron chi connectivity index (χ4n) is 2.01. The topological polar surface area (TPSA) is 71.2 Å². The smallest absolute Gasteiger partial charge is 0.230 e. The molecule has 0 spiro atoms. The third-order valence-corrected chi connectivity index (χ3v) is 3.48. The van der Waals surface area contributed by atoms with Gasteiger partial charge in [-0.15, -0.1) is 0 Å². The van der Waals surface area contributed by atoms with Gasteiger partial charge >= 0.3 is 0 Å². The number of hydrogen-bond acceptors (Lipinski definition) is 5. The molecule has 1 atom stereocenters. The second kappa shape index (κ2) is 4.42. The van der Waals surface area contributed by atoms with E-state index in [-0.39, 0.29) is 11.7 Å². The predicted molar refractivity (Wildman–Crippen MR) is 66.2 cm³/mol. The first kappa shape index (κ1) is 11.2. The second-order valence-electron chi connectivity index (χ2n) is 4.71. The maximum Gasteiger partial charge on any atom is 0.230 e. The van der Waals surface area contributed by atoms with Gasteiger partial charge in [0.1, 0.15) is 5.75 Å². The number of rotatable bonds is 3. The first-order valence-electron chi connectivity index (χ1n) is 6.08. The van der Waals surface area contributed by atoms with Crippen LogP contribution in [0.5, 0.6) is 5.75 Å². The third kappa shape index (κ3) is 1.97. The summed E-state index contributed by atoms with van der Waals surface area (Å²) in [5, 5.41) is 16.5. The number of phenolic OH excluding ortho intramolecular Hbond substituents is 1. The average Bonchev–Trinajstić information content (AvgIpc) is 2.77. The predicted octanol–water partition coefficient (Wildman–Crippen LogP) is 1.77. The molecule has 0 bridgehead atoms. The summed E-state index contributed by atoms with van der Waals surface area (Å²) in [4.78, 5) is 4.43. The SMILES string of the molecule is CC(c1nc(-c2ccc(O)cc2)no1)C1CNC1. The first-order valence-corrected chi connectivity index (χ1v) is 6.08. The number of aromatic nitrogens is 2. The van der Waals surface area contributed by atoms with Crippen LogP contribution in [0.25, 0.3) is 11.4 Å². The van der Waals surface area contributed by atoms with Gasteiger partial charge in [-0.3, -0.25) is 0 Å². The molecule has 1 aromatic heterocycles. The highest BCUT2D eigenvalue weighted by Crippen LogP contribution is 2.27. The summed E-state index contributed by atoms with van der Waals surface area (Å²) in [5.41, 5.74) is 0.849. The number of nitrogens with one attached hydrogen (secondary N) is 1. The fourth-order valence-corrected chi connectivity index (χ4v) is 2.01. The maximum atomic E-state index is 9.24. The first-order chi connectivity index (χ1) is 8.74. The Bertz CT molecular complexity index is 531. The summed E-state index contributed by atoms with van der Waals surface area (Å²) >= 11 is 0. The number of nitrogens with zero attached hydrogens (tertiary/aromatic N) is 2. The van der Waals surface area contributed by atoms with E-state index in [0.29, 0.717) is 17.6 Å². The summed E-state index contributed by atoms with van der Waals surface area (Å²) < 4.78 is 5.32. The Morgan fingerprint density at radius 3 is 2.67 bits per heavy atom. The van der Waals surface area contributed by atoms with E-state index in [1.54, 1.807) is 24.3 Å². The number of aromatic hydroxyl groups is 1. The minimum absolute atomic E-state index is 0.233. The van der Waals surface area contributed by atoms with E-state index in [1.807, 2.05) is 0 Å². The normalized spacial score (nSPS) is 17.4. The highest BCUT2D eigenvalue weighted by atomic mass is 16.5. The van der Waals surface area contributed by atoms with Gasteiger partial charge in [0, 0.05) is 11.5 Å². The van der Waals surface area contributed by atoms with Gasteiger partial charge in [-0.05, 0) is 43.3 Å². The van der Waals surface area contributed by atoms with Crippen molar-refractivity contribution in [2.75, 3.05) is 13.1 Å². The van der Waals surface area contributed by atoms with Crippen molar-refractivity contribution >= 4 is 0 Å². The second-order valence-corrected chi connectivity index (χ2v) is 4.71. The van der Waals surface area contributed by atoms with Crippen molar-refractivity contribution in [2.24, 2.45) is 5.92 Å². The minimum atomic E-state index is 0.233. The monoisotopic (exact) mass is 245 g/mol. The molecule has 0 aliphatic carbocycles. The van der Waals surface area contributed by atoms with Gasteiger partial charge in [0.15, 0.2) is 0 Å². The fraction of sp³-hybridized carbons (Fsp3) is 0.385. The highest BCUT2D eigenvalue weighted by molar-refractivity contribution is 5.55. The zero-order chi connectivity index (χ0) is 12.5. The van der Waals surface area contributed by atoms with Crippen LogP contribution in [0.3, 0.4) is 0 Å². The van der Waals surface area contributed by atoms with Gasteiger partial charge < -0.3 is 14.9 Å². The van der Waals surface area contributed by atoms with Crippen molar-refractivity contribution in [2.45, 2.75) is 12.8 Å². The van der Waals surface area contributed by atoms with Gasteiger partial charge in [0.05, 0.1) is 0 Å². The van der Waals surface area contributed by atoms with Crippen LogP contribution >= 0.6 is 0 Å². The van der Waals surface area contributed by atoms with E-state index < -0.39 is 0 Å². The molecule has 0 amide bonds. The van der Waals surface area contributed by atoms with E-state index in [1.165, 1.54) is 0 Å². The Kier molecular flexibility index (Phi) is 2.76.